The average Bonchev–Trinajstić information content (AvgIpc) is 3.00. The predicted octanol–water partition coefficient (Wildman–Crippen LogP) is 2.21. The molecule has 4 rings (SSSR count). The minimum atomic E-state index is -0.411. The summed E-state index contributed by atoms with van der Waals surface area (Å²) in [5.41, 5.74) is 3.08. The molecule has 0 unspecified atom stereocenters. The number of aromatic nitrogens is 5. The zero-order chi connectivity index (χ0) is 19.7. The number of amides is 1. The fraction of sp³-hybridized carbons (Fsp3) is 0.150. The van der Waals surface area contributed by atoms with Crippen molar-refractivity contribution in [1.82, 2.24) is 24.1 Å². The summed E-state index contributed by atoms with van der Waals surface area (Å²) in [5, 5.41) is 7.06. The van der Waals surface area contributed by atoms with Crippen LogP contribution in [0.15, 0.2) is 59.5 Å². The van der Waals surface area contributed by atoms with E-state index in [9.17, 15) is 9.59 Å². The molecule has 0 radical (unpaired) electrons. The Morgan fingerprint density at radius 2 is 1.86 bits per heavy atom. The van der Waals surface area contributed by atoms with Crippen LogP contribution in [-0.4, -0.2) is 30.1 Å². The van der Waals surface area contributed by atoms with Crippen LogP contribution in [-0.2, 0) is 11.3 Å². The molecule has 3 heterocycles. The number of hydrogen-bond acceptors (Lipinski definition) is 5. The van der Waals surface area contributed by atoms with Crippen molar-refractivity contribution in [2.45, 2.75) is 20.4 Å². The van der Waals surface area contributed by atoms with Crippen LogP contribution in [0.5, 0.6) is 0 Å². The van der Waals surface area contributed by atoms with Gasteiger partial charge >= 0.3 is 5.69 Å². The molecule has 0 saturated carbocycles. The Morgan fingerprint density at radius 3 is 2.57 bits per heavy atom. The van der Waals surface area contributed by atoms with Crippen LogP contribution in [0.1, 0.15) is 11.4 Å². The highest BCUT2D eigenvalue weighted by Crippen LogP contribution is 2.15. The number of fused-ring (bicyclic) bond motifs is 1. The van der Waals surface area contributed by atoms with E-state index in [-0.39, 0.29) is 12.5 Å². The van der Waals surface area contributed by atoms with Gasteiger partial charge in [0.05, 0.1) is 11.4 Å². The van der Waals surface area contributed by atoms with Crippen LogP contribution in [0.2, 0.25) is 0 Å². The molecule has 0 spiro atoms. The van der Waals surface area contributed by atoms with E-state index in [4.69, 9.17) is 0 Å². The van der Waals surface area contributed by atoms with Crippen LogP contribution in [0.25, 0.3) is 17.0 Å². The van der Waals surface area contributed by atoms with Gasteiger partial charge in [-0.1, -0.05) is 23.8 Å². The molecular formula is C20H18N6O2. The molecule has 0 aliphatic carbocycles. The second-order valence-electron chi connectivity index (χ2n) is 6.45. The largest absolute Gasteiger partial charge is 0.352 e. The summed E-state index contributed by atoms with van der Waals surface area (Å²) in [4.78, 5) is 33.7. The number of rotatable bonds is 4. The lowest BCUT2D eigenvalue weighted by Crippen LogP contribution is -2.28. The quantitative estimate of drug-likeness (QED) is 0.591. The molecule has 0 aliphatic rings. The van der Waals surface area contributed by atoms with E-state index in [1.807, 2.05) is 49.4 Å². The topological polar surface area (TPSA) is 94.2 Å². The number of anilines is 1. The molecule has 140 valence electrons. The van der Waals surface area contributed by atoms with Crippen molar-refractivity contribution in [2.24, 2.45) is 0 Å². The van der Waals surface area contributed by atoms with Gasteiger partial charge in [0.25, 0.3) is 0 Å². The first kappa shape index (κ1) is 17.6. The average molecular weight is 374 g/mol. The molecule has 1 aromatic carbocycles. The van der Waals surface area contributed by atoms with E-state index in [2.05, 4.69) is 20.4 Å². The van der Waals surface area contributed by atoms with Crippen LogP contribution in [0.4, 0.5) is 5.69 Å². The van der Waals surface area contributed by atoms with Gasteiger partial charge in [0.2, 0.25) is 5.91 Å². The lowest BCUT2D eigenvalue weighted by Gasteiger charge is -2.04. The molecule has 1 amide bonds. The van der Waals surface area contributed by atoms with E-state index in [0.29, 0.717) is 28.5 Å². The highest BCUT2D eigenvalue weighted by molar-refractivity contribution is 5.90. The van der Waals surface area contributed by atoms with Crippen LogP contribution >= 0.6 is 0 Å². The molecule has 0 fully saturated rings. The van der Waals surface area contributed by atoms with Crippen LogP contribution in [0, 0.1) is 13.8 Å². The Kier molecular flexibility index (Phi) is 4.44. The third-order valence-corrected chi connectivity index (χ3v) is 4.29. The second kappa shape index (κ2) is 7.07. The maximum Gasteiger partial charge on any atom is 0.352 e. The minimum Gasteiger partial charge on any atom is -0.324 e. The number of nitrogens with zero attached hydrogens (tertiary/aromatic N) is 5. The minimum absolute atomic E-state index is 0.188. The number of pyridine rings is 1. The van der Waals surface area contributed by atoms with E-state index in [1.165, 1.54) is 4.40 Å². The van der Waals surface area contributed by atoms with Crippen molar-refractivity contribution < 1.29 is 4.79 Å². The number of carbonyl (C=O) groups is 1. The summed E-state index contributed by atoms with van der Waals surface area (Å²) in [6.45, 7) is 3.50. The molecule has 1 N–H and O–H groups in total. The molecule has 3 aromatic heterocycles. The molecule has 8 heteroatoms. The summed E-state index contributed by atoms with van der Waals surface area (Å²) < 4.78 is 2.52. The summed E-state index contributed by atoms with van der Waals surface area (Å²) >= 11 is 0. The molecule has 4 aromatic rings. The van der Waals surface area contributed by atoms with Gasteiger partial charge in [-0.3, -0.25) is 9.78 Å². The van der Waals surface area contributed by atoms with Crippen molar-refractivity contribution in [2.75, 3.05) is 5.32 Å². The first-order valence-electron chi connectivity index (χ1n) is 8.76. The van der Waals surface area contributed by atoms with Gasteiger partial charge in [-0.25, -0.2) is 18.9 Å². The molecule has 28 heavy (non-hydrogen) atoms. The normalized spacial score (nSPS) is 10.9. The molecule has 0 saturated heterocycles. The van der Waals surface area contributed by atoms with Crippen molar-refractivity contribution >= 4 is 17.2 Å². The SMILES string of the molecule is Cc1ccc(NC(=O)Cn2nc3cc(-c4ccccn4)nc(C)n3c2=O)cc1. The zero-order valence-corrected chi connectivity index (χ0v) is 15.5. The monoisotopic (exact) mass is 374 g/mol. The summed E-state index contributed by atoms with van der Waals surface area (Å²) in [5.74, 6) is 0.151. The summed E-state index contributed by atoms with van der Waals surface area (Å²) in [6, 6.07) is 14.6. The van der Waals surface area contributed by atoms with Gasteiger partial charge < -0.3 is 5.32 Å². The Morgan fingerprint density at radius 1 is 1.07 bits per heavy atom. The molecular weight excluding hydrogens is 356 g/mol. The van der Waals surface area contributed by atoms with E-state index in [1.54, 1.807) is 19.2 Å². The Labute approximate surface area is 160 Å². The number of carbonyl (C=O) groups excluding carboxylic acids is 1. The standard InChI is InChI=1S/C20H18N6O2/c1-13-6-8-15(9-7-13)23-19(27)12-25-20(28)26-14(2)22-17(11-18(26)24-25)16-5-3-4-10-21-16/h3-11H,12H2,1-2H3,(H,23,27). The third kappa shape index (κ3) is 3.39. The number of nitrogens with one attached hydrogen (secondary N) is 1. The van der Waals surface area contributed by atoms with Gasteiger partial charge in [0.1, 0.15) is 12.4 Å². The Hall–Kier alpha value is -3.81. The fourth-order valence-electron chi connectivity index (χ4n) is 2.92. The van der Waals surface area contributed by atoms with Crippen molar-refractivity contribution in [3.8, 4) is 11.4 Å². The van der Waals surface area contributed by atoms with E-state index in [0.717, 1.165) is 10.2 Å². The summed E-state index contributed by atoms with van der Waals surface area (Å²) in [6.07, 6.45) is 1.68. The number of benzene rings is 1. The zero-order valence-electron chi connectivity index (χ0n) is 15.5. The molecule has 8 nitrogen and oxygen atoms in total. The van der Waals surface area contributed by atoms with E-state index >= 15 is 0 Å². The Bertz CT molecular complexity index is 1210. The van der Waals surface area contributed by atoms with Gasteiger partial charge in [-0.05, 0) is 38.1 Å². The van der Waals surface area contributed by atoms with Crippen LogP contribution in [0.3, 0.4) is 0 Å². The van der Waals surface area contributed by atoms with Gasteiger partial charge in [0.15, 0.2) is 5.65 Å². The van der Waals surface area contributed by atoms with Crippen molar-refractivity contribution in [3.63, 3.8) is 0 Å². The lowest BCUT2D eigenvalue weighted by atomic mass is 10.2. The fourth-order valence-corrected chi connectivity index (χ4v) is 2.92. The predicted molar refractivity (Wildman–Crippen MR) is 105 cm³/mol. The number of hydrogen-bond donors (Lipinski definition) is 1. The first-order chi connectivity index (χ1) is 13.5. The van der Waals surface area contributed by atoms with E-state index < -0.39 is 5.69 Å². The summed E-state index contributed by atoms with van der Waals surface area (Å²) in [7, 11) is 0. The third-order valence-electron chi connectivity index (χ3n) is 4.29. The van der Waals surface area contributed by atoms with Crippen molar-refractivity contribution in [3.05, 3.63) is 76.6 Å². The maximum absolute atomic E-state index is 12.7. The highest BCUT2D eigenvalue weighted by atomic mass is 16.2. The molecule has 0 aliphatic heterocycles. The Balaban J connectivity index is 1.64. The van der Waals surface area contributed by atoms with Crippen LogP contribution < -0.4 is 11.0 Å². The first-order valence-corrected chi connectivity index (χ1v) is 8.76. The van der Waals surface area contributed by atoms with Gasteiger partial charge in [-0.15, -0.1) is 5.10 Å². The maximum atomic E-state index is 12.7. The lowest BCUT2D eigenvalue weighted by molar-refractivity contribution is -0.117. The smallest absolute Gasteiger partial charge is 0.324 e. The number of aryl methyl sites for hydroxylation is 2. The highest BCUT2D eigenvalue weighted by Gasteiger charge is 2.15. The molecule has 0 atom stereocenters. The second-order valence-corrected chi connectivity index (χ2v) is 6.45. The van der Waals surface area contributed by atoms with Gasteiger partial charge in [-0.2, -0.15) is 0 Å². The van der Waals surface area contributed by atoms with Crippen molar-refractivity contribution in [1.29, 1.82) is 0 Å². The van der Waals surface area contributed by atoms with Gasteiger partial charge in [0, 0.05) is 18.0 Å². The molecule has 0 bridgehead atoms.